The van der Waals surface area contributed by atoms with E-state index in [1.807, 2.05) is 0 Å². The third-order valence-corrected chi connectivity index (χ3v) is 5.63. The lowest BCUT2D eigenvalue weighted by molar-refractivity contribution is 0.0668. The molecule has 0 radical (unpaired) electrons. The van der Waals surface area contributed by atoms with Crippen molar-refractivity contribution in [2.24, 2.45) is 5.73 Å². The van der Waals surface area contributed by atoms with Crippen molar-refractivity contribution in [2.45, 2.75) is 50.7 Å². The second kappa shape index (κ2) is 7.18. The van der Waals surface area contributed by atoms with Gasteiger partial charge < -0.3 is 10.8 Å². The van der Waals surface area contributed by atoms with E-state index >= 15 is 0 Å². The smallest absolute Gasteiger partial charge is 0.0593 e. The van der Waals surface area contributed by atoms with E-state index in [2.05, 4.69) is 39.2 Å². The molecule has 0 bridgehead atoms. The van der Waals surface area contributed by atoms with Crippen molar-refractivity contribution < 1.29 is 5.11 Å². The molecule has 0 aromatic carbocycles. The number of rotatable bonds is 5. The molecule has 1 aliphatic rings. The van der Waals surface area contributed by atoms with E-state index in [9.17, 15) is 5.11 Å². The largest absolute Gasteiger partial charge is 0.396 e. The zero-order chi connectivity index (χ0) is 13.8. The summed E-state index contributed by atoms with van der Waals surface area (Å²) in [5, 5.41) is 11.4. The number of hydrogen-bond donors (Lipinski definition) is 2. The fourth-order valence-electron chi connectivity index (χ4n) is 3.06. The van der Waals surface area contributed by atoms with Gasteiger partial charge in [-0.25, -0.2) is 0 Å². The Labute approximate surface area is 127 Å². The standard InChI is InChI=1S/C14H23BrN2OS/c1-10(16)14(13-8-11(15)9-19-13)17-6-3-2-4-12(17)5-7-18/h8-10,12,14,18H,2-7,16H2,1H3. The summed E-state index contributed by atoms with van der Waals surface area (Å²) in [6.45, 7) is 3.44. The zero-order valence-electron chi connectivity index (χ0n) is 11.4. The van der Waals surface area contributed by atoms with Crippen LogP contribution in [0, 0.1) is 0 Å². The SMILES string of the molecule is CC(N)C(c1cc(Br)cs1)N1CCCCC1CCO. The molecule has 0 saturated carbocycles. The normalized spacial score (nSPS) is 24.3. The van der Waals surface area contributed by atoms with E-state index in [4.69, 9.17) is 5.73 Å². The Kier molecular flexibility index (Phi) is 5.84. The monoisotopic (exact) mass is 346 g/mol. The molecular weight excluding hydrogens is 324 g/mol. The highest BCUT2D eigenvalue weighted by Gasteiger charge is 2.32. The highest BCUT2D eigenvalue weighted by atomic mass is 79.9. The van der Waals surface area contributed by atoms with Gasteiger partial charge in [-0.2, -0.15) is 0 Å². The molecule has 3 nitrogen and oxygen atoms in total. The van der Waals surface area contributed by atoms with Crippen molar-refractivity contribution in [1.29, 1.82) is 0 Å². The molecule has 19 heavy (non-hydrogen) atoms. The van der Waals surface area contributed by atoms with Crippen LogP contribution in [-0.2, 0) is 0 Å². The summed E-state index contributed by atoms with van der Waals surface area (Å²) in [5.41, 5.74) is 6.25. The number of nitrogens with two attached hydrogens (primary N) is 1. The molecule has 3 N–H and O–H groups in total. The lowest BCUT2D eigenvalue weighted by atomic mass is 9.94. The highest BCUT2D eigenvalue weighted by Crippen LogP contribution is 2.35. The van der Waals surface area contributed by atoms with Gasteiger partial charge in [0.25, 0.3) is 0 Å². The van der Waals surface area contributed by atoms with Crippen molar-refractivity contribution in [3.8, 4) is 0 Å². The summed E-state index contributed by atoms with van der Waals surface area (Å²) < 4.78 is 1.13. The number of likely N-dealkylation sites (tertiary alicyclic amines) is 1. The molecule has 1 fully saturated rings. The van der Waals surface area contributed by atoms with Crippen molar-refractivity contribution in [1.82, 2.24) is 4.90 Å². The van der Waals surface area contributed by atoms with Gasteiger partial charge in [-0.1, -0.05) is 6.42 Å². The van der Waals surface area contributed by atoms with E-state index in [1.165, 1.54) is 24.1 Å². The Balaban J connectivity index is 2.21. The number of aliphatic hydroxyl groups excluding tert-OH is 1. The van der Waals surface area contributed by atoms with Crippen LogP contribution in [0.5, 0.6) is 0 Å². The van der Waals surface area contributed by atoms with Crippen LogP contribution in [0.25, 0.3) is 0 Å². The molecule has 1 aliphatic heterocycles. The van der Waals surface area contributed by atoms with Crippen LogP contribution in [0.4, 0.5) is 0 Å². The third-order valence-electron chi connectivity index (χ3n) is 3.87. The maximum absolute atomic E-state index is 9.27. The first kappa shape index (κ1) is 15.4. The topological polar surface area (TPSA) is 49.5 Å². The molecule has 2 heterocycles. The number of aliphatic hydroxyl groups is 1. The lowest BCUT2D eigenvalue weighted by Gasteiger charge is -2.42. The van der Waals surface area contributed by atoms with Gasteiger partial charge in [0.1, 0.15) is 0 Å². The summed E-state index contributed by atoms with van der Waals surface area (Å²) >= 11 is 5.30. The first-order chi connectivity index (χ1) is 9.13. The zero-order valence-corrected chi connectivity index (χ0v) is 13.8. The summed E-state index contributed by atoms with van der Waals surface area (Å²) in [4.78, 5) is 3.84. The van der Waals surface area contributed by atoms with Crippen LogP contribution in [0.3, 0.4) is 0 Å². The third kappa shape index (κ3) is 3.79. The Morgan fingerprint density at radius 1 is 1.58 bits per heavy atom. The Bertz CT molecular complexity index is 395. The van der Waals surface area contributed by atoms with Gasteiger partial charge in [-0.05, 0) is 54.7 Å². The number of hydrogen-bond acceptors (Lipinski definition) is 4. The van der Waals surface area contributed by atoms with E-state index in [0.717, 1.165) is 17.4 Å². The van der Waals surface area contributed by atoms with E-state index < -0.39 is 0 Å². The number of piperidine rings is 1. The van der Waals surface area contributed by atoms with Crippen LogP contribution in [0.15, 0.2) is 15.9 Å². The minimum absolute atomic E-state index is 0.102. The second-order valence-electron chi connectivity index (χ2n) is 5.37. The second-order valence-corrected chi connectivity index (χ2v) is 7.23. The van der Waals surface area contributed by atoms with Crippen LogP contribution < -0.4 is 5.73 Å². The molecule has 0 amide bonds. The Hall–Kier alpha value is 0.0600. The molecule has 3 atom stereocenters. The van der Waals surface area contributed by atoms with Gasteiger partial charge in [0.2, 0.25) is 0 Å². The van der Waals surface area contributed by atoms with Crippen molar-refractivity contribution in [3.63, 3.8) is 0 Å². The summed E-state index contributed by atoms with van der Waals surface area (Å²) in [5.74, 6) is 0. The van der Waals surface area contributed by atoms with Gasteiger partial charge in [0, 0.05) is 33.4 Å². The average molecular weight is 347 g/mol. The molecule has 108 valence electrons. The highest BCUT2D eigenvalue weighted by molar-refractivity contribution is 9.10. The minimum atomic E-state index is 0.102. The van der Waals surface area contributed by atoms with E-state index in [1.54, 1.807) is 11.3 Å². The van der Waals surface area contributed by atoms with Gasteiger partial charge in [0.15, 0.2) is 0 Å². The fourth-order valence-corrected chi connectivity index (χ4v) is 4.74. The molecule has 1 aromatic heterocycles. The van der Waals surface area contributed by atoms with Gasteiger partial charge in [-0.3, -0.25) is 4.90 Å². The van der Waals surface area contributed by atoms with Crippen molar-refractivity contribution in [3.05, 3.63) is 20.8 Å². The van der Waals surface area contributed by atoms with Gasteiger partial charge in [0.05, 0.1) is 6.04 Å². The van der Waals surface area contributed by atoms with Crippen LogP contribution in [0.1, 0.15) is 43.5 Å². The lowest BCUT2D eigenvalue weighted by Crippen LogP contribution is -2.47. The Morgan fingerprint density at radius 3 is 2.95 bits per heavy atom. The number of halogens is 1. The van der Waals surface area contributed by atoms with E-state index in [-0.39, 0.29) is 18.7 Å². The molecule has 3 unspecified atom stereocenters. The molecule has 1 aromatic rings. The molecule has 5 heteroatoms. The summed E-state index contributed by atoms with van der Waals surface area (Å²) in [7, 11) is 0. The quantitative estimate of drug-likeness (QED) is 0.860. The molecule has 0 spiro atoms. The van der Waals surface area contributed by atoms with Crippen molar-refractivity contribution >= 4 is 27.3 Å². The Morgan fingerprint density at radius 2 is 2.37 bits per heavy atom. The predicted octanol–water partition coefficient (Wildman–Crippen LogP) is 3.14. The summed E-state index contributed by atoms with van der Waals surface area (Å²) in [6, 6.07) is 3.03. The maximum Gasteiger partial charge on any atom is 0.0593 e. The molecule has 1 saturated heterocycles. The molecular formula is C14H23BrN2OS. The van der Waals surface area contributed by atoms with Crippen LogP contribution >= 0.6 is 27.3 Å². The van der Waals surface area contributed by atoms with Gasteiger partial charge in [-0.15, -0.1) is 11.3 Å². The summed E-state index contributed by atoms with van der Waals surface area (Å²) in [6.07, 6.45) is 4.53. The van der Waals surface area contributed by atoms with Crippen LogP contribution in [0.2, 0.25) is 0 Å². The van der Waals surface area contributed by atoms with Crippen molar-refractivity contribution in [2.75, 3.05) is 13.2 Å². The first-order valence-corrected chi connectivity index (χ1v) is 8.67. The number of thiophene rings is 1. The molecule has 0 aliphatic carbocycles. The van der Waals surface area contributed by atoms with Gasteiger partial charge >= 0.3 is 0 Å². The minimum Gasteiger partial charge on any atom is -0.396 e. The molecule has 2 rings (SSSR count). The fraction of sp³-hybridized carbons (Fsp3) is 0.714. The predicted molar refractivity (Wildman–Crippen MR) is 84.5 cm³/mol. The average Bonchev–Trinajstić information content (AvgIpc) is 2.78. The number of nitrogens with zero attached hydrogens (tertiary/aromatic N) is 1. The maximum atomic E-state index is 9.27. The van der Waals surface area contributed by atoms with Crippen LogP contribution in [-0.4, -0.2) is 35.2 Å². The first-order valence-electron chi connectivity index (χ1n) is 6.99. The van der Waals surface area contributed by atoms with E-state index in [0.29, 0.717) is 6.04 Å².